The molecular formula is C20H40NO5P. The number of hydrogen-bond donors (Lipinski definition) is 3. The molecule has 1 unspecified atom stereocenters. The van der Waals surface area contributed by atoms with Crippen molar-refractivity contribution in [2.75, 3.05) is 0 Å². The summed E-state index contributed by atoms with van der Waals surface area (Å²) >= 11 is 0. The van der Waals surface area contributed by atoms with E-state index in [0.29, 0.717) is 6.42 Å². The molecule has 0 heterocycles. The lowest BCUT2D eigenvalue weighted by Gasteiger charge is -2.14. The van der Waals surface area contributed by atoms with Crippen LogP contribution >= 0.6 is 7.82 Å². The summed E-state index contributed by atoms with van der Waals surface area (Å²) in [5.74, 6) is -0.828. The largest absolute Gasteiger partial charge is 0.470 e. The Morgan fingerprint density at radius 1 is 0.889 bits per heavy atom. The first-order valence-corrected chi connectivity index (χ1v) is 12.1. The van der Waals surface area contributed by atoms with E-state index in [1.807, 2.05) is 0 Å². The van der Waals surface area contributed by atoms with Crippen molar-refractivity contribution in [2.24, 2.45) is 5.73 Å². The maximum absolute atomic E-state index is 11.1. The monoisotopic (exact) mass is 405 g/mol. The van der Waals surface area contributed by atoms with Crippen LogP contribution in [-0.4, -0.2) is 21.8 Å². The van der Waals surface area contributed by atoms with E-state index >= 15 is 0 Å². The number of rotatable bonds is 19. The number of phosphoric acid groups is 1. The minimum absolute atomic E-state index is 0.252. The van der Waals surface area contributed by atoms with Crippen LogP contribution in [0, 0.1) is 0 Å². The van der Waals surface area contributed by atoms with Crippen LogP contribution in [0.15, 0.2) is 12.2 Å². The second kappa shape index (κ2) is 17.4. The van der Waals surface area contributed by atoms with E-state index in [4.69, 9.17) is 15.5 Å². The van der Waals surface area contributed by atoms with Crippen LogP contribution in [0.25, 0.3) is 0 Å². The van der Waals surface area contributed by atoms with Gasteiger partial charge >= 0.3 is 7.82 Å². The summed E-state index contributed by atoms with van der Waals surface area (Å²) < 4.78 is 15.2. The molecule has 1 atom stereocenters. The summed E-state index contributed by atoms with van der Waals surface area (Å²) in [4.78, 5) is 28.6. The molecule has 6 nitrogen and oxygen atoms in total. The molecule has 0 fully saturated rings. The number of carbonyl (C=O) groups excluding carboxylic acids is 1. The topological polar surface area (TPSA) is 110 Å². The van der Waals surface area contributed by atoms with Gasteiger partial charge in [-0.1, -0.05) is 83.3 Å². The van der Waals surface area contributed by atoms with Gasteiger partial charge in [-0.15, -0.1) is 0 Å². The zero-order chi connectivity index (χ0) is 20.4. The summed E-state index contributed by atoms with van der Waals surface area (Å²) in [6.07, 6.45) is 20.2. The van der Waals surface area contributed by atoms with Crippen molar-refractivity contribution in [3.05, 3.63) is 12.2 Å². The van der Waals surface area contributed by atoms with Crippen molar-refractivity contribution in [3.63, 3.8) is 0 Å². The highest BCUT2D eigenvalue weighted by molar-refractivity contribution is 7.46. The average molecular weight is 406 g/mol. The fourth-order valence-corrected chi connectivity index (χ4v) is 3.53. The Balaban J connectivity index is 3.45. The highest BCUT2D eigenvalue weighted by atomic mass is 31.2. The van der Waals surface area contributed by atoms with E-state index in [2.05, 4.69) is 23.6 Å². The van der Waals surface area contributed by atoms with Gasteiger partial charge in [0.2, 0.25) is 5.91 Å². The number of carbonyl (C=O) groups is 1. The molecule has 1 amide bonds. The molecule has 0 aromatic rings. The Morgan fingerprint density at radius 3 is 1.78 bits per heavy atom. The standard InChI is InChI=1S/C20H40NO5P/c1-2-3-4-5-6-7-8-9-10-11-12-13-14-15-16-17-18-19(20(21)22)26-27(23,24)25/h9-10,19H,2-8,11-18H2,1H3,(H2,21,22)(H2,23,24,25)/b10-9-. The van der Waals surface area contributed by atoms with Gasteiger partial charge in [0.1, 0.15) is 6.10 Å². The van der Waals surface area contributed by atoms with Gasteiger partial charge in [0, 0.05) is 0 Å². The minimum Gasteiger partial charge on any atom is -0.367 e. The molecule has 0 rings (SSSR count). The molecule has 0 saturated carbocycles. The second-order valence-electron chi connectivity index (χ2n) is 7.21. The third kappa shape index (κ3) is 19.9. The zero-order valence-corrected chi connectivity index (χ0v) is 17.9. The van der Waals surface area contributed by atoms with E-state index in [-0.39, 0.29) is 6.42 Å². The number of phosphoric ester groups is 1. The lowest BCUT2D eigenvalue weighted by Crippen LogP contribution is -2.30. The van der Waals surface area contributed by atoms with Gasteiger partial charge in [0.05, 0.1) is 0 Å². The Hall–Kier alpha value is -0.680. The van der Waals surface area contributed by atoms with Crippen LogP contribution in [0.5, 0.6) is 0 Å². The number of unbranched alkanes of at least 4 members (excludes halogenated alkanes) is 12. The number of nitrogens with two attached hydrogens (primary N) is 1. The van der Waals surface area contributed by atoms with Gasteiger partial charge in [-0.3, -0.25) is 9.32 Å². The SMILES string of the molecule is CCCCCCCC/C=C\CCCCCCCCC(OP(=O)(O)O)C(N)=O. The van der Waals surface area contributed by atoms with Gasteiger partial charge < -0.3 is 15.5 Å². The molecule has 7 heteroatoms. The van der Waals surface area contributed by atoms with Crippen molar-refractivity contribution in [3.8, 4) is 0 Å². The van der Waals surface area contributed by atoms with E-state index in [1.165, 1.54) is 57.8 Å². The molecule has 0 aliphatic heterocycles. The molecule has 4 N–H and O–H groups in total. The summed E-state index contributed by atoms with van der Waals surface area (Å²) in [5, 5.41) is 0. The molecule has 0 aromatic heterocycles. The Kier molecular flexibility index (Phi) is 17.0. The van der Waals surface area contributed by atoms with Crippen molar-refractivity contribution >= 4 is 13.7 Å². The van der Waals surface area contributed by atoms with Crippen molar-refractivity contribution in [1.29, 1.82) is 0 Å². The molecule has 0 aromatic carbocycles. The first-order chi connectivity index (χ1) is 12.9. The maximum atomic E-state index is 11.1. The Bertz CT molecular complexity index is 436. The third-order valence-corrected chi connectivity index (χ3v) is 5.09. The summed E-state index contributed by atoms with van der Waals surface area (Å²) in [6, 6.07) is 0. The summed E-state index contributed by atoms with van der Waals surface area (Å²) in [7, 11) is -4.67. The van der Waals surface area contributed by atoms with Crippen LogP contribution in [0.3, 0.4) is 0 Å². The first kappa shape index (κ1) is 26.3. The normalized spacial score (nSPS) is 13.3. The molecule has 0 aliphatic carbocycles. The highest BCUT2D eigenvalue weighted by Gasteiger charge is 2.25. The zero-order valence-electron chi connectivity index (χ0n) is 17.0. The lowest BCUT2D eigenvalue weighted by molar-refractivity contribution is -0.125. The predicted octanol–water partition coefficient (Wildman–Crippen LogP) is 5.38. The van der Waals surface area contributed by atoms with E-state index in [9.17, 15) is 9.36 Å². The molecule has 160 valence electrons. The van der Waals surface area contributed by atoms with Gasteiger partial charge in [0.15, 0.2) is 0 Å². The lowest BCUT2D eigenvalue weighted by atomic mass is 10.1. The summed E-state index contributed by atoms with van der Waals surface area (Å²) in [6.45, 7) is 2.24. The van der Waals surface area contributed by atoms with Gasteiger partial charge in [-0.05, 0) is 32.1 Å². The van der Waals surface area contributed by atoms with Crippen molar-refractivity contribution < 1.29 is 23.7 Å². The smallest absolute Gasteiger partial charge is 0.367 e. The van der Waals surface area contributed by atoms with Gasteiger partial charge in [-0.25, -0.2) is 4.57 Å². The van der Waals surface area contributed by atoms with Gasteiger partial charge in [-0.2, -0.15) is 0 Å². The molecule has 0 radical (unpaired) electrons. The van der Waals surface area contributed by atoms with Crippen LogP contribution in [0.4, 0.5) is 0 Å². The fourth-order valence-electron chi connectivity index (χ4n) is 2.99. The van der Waals surface area contributed by atoms with Gasteiger partial charge in [0.25, 0.3) is 0 Å². The molecule has 0 aliphatic rings. The maximum Gasteiger partial charge on any atom is 0.470 e. The third-order valence-electron chi connectivity index (χ3n) is 4.56. The van der Waals surface area contributed by atoms with Crippen LogP contribution in [-0.2, 0) is 13.9 Å². The molecule has 27 heavy (non-hydrogen) atoms. The fraction of sp³-hybridized carbons (Fsp3) is 0.850. The van der Waals surface area contributed by atoms with Crippen molar-refractivity contribution in [1.82, 2.24) is 0 Å². The number of hydrogen-bond acceptors (Lipinski definition) is 3. The molecule has 0 saturated heterocycles. The number of primary amides is 1. The van der Waals surface area contributed by atoms with Crippen LogP contribution < -0.4 is 5.73 Å². The quantitative estimate of drug-likeness (QED) is 0.152. The second-order valence-corrected chi connectivity index (χ2v) is 8.41. The highest BCUT2D eigenvalue weighted by Crippen LogP contribution is 2.38. The molecular weight excluding hydrogens is 365 g/mol. The molecule has 0 spiro atoms. The van der Waals surface area contributed by atoms with Crippen LogP contribution in [0.2, 0.25) is 0 Å². The number of allylic oxidation sites excluding steroid dienone is 2. The Morgan fingerprint density at radius 2 is 1.33 bits per heavy atom. The van der Waals surface area contributed by atoms with Crippen LogP contribution in [0.1, 0.15) is 103 Å². The first-order valence-electron chi connectivity index (χ1n) is 10.5. The number of amides is 1. The van der Waals surface area contributed by atoms with E-state index in [1.54, 1.807) is 0 Å². The van der Waals surface area contributed by atoms with E-state index < -0.39 is 19.8 Å². The average Bonchev–Trinajstić information content (AvgIpc) is 2.59. The summed E-state index contributed by atoms with van der Waals surface area (Å²) in [5.41, 5.74) is 5.10. The van der Waals surface area contributed by atoms with E-state index in [0.717, 1.165) is 25.7 Å². The minimum atomic E-state index is -4.67. The van der Waals surface area contributed by atoms with Crippen molar-refractivity contribution in [2.45, 2.75) is 109 Å². The Labute approximate surface area is 165 Å². The molecule has 0 bridgehead atoms. The predicted molar refractivity (Wildman–Crippen MR) is 110 cm³/mol.